The van der Waals surface area contributed by atoms with E-state index in [0.717, 1.165) is 0 Å². The molecule has 1 aromatic carbocycles. The van der Waals surface area contributed by atoms with Crippen LogP contribution in [0.2, 0.25) is 0 Å². The summed E-state index contributed by atoms with van der Waals surface area (Å²) in [4.78, 5) is 23.6. The van der Waals surface area contributed by atoms with E-state index in [9.17, 15) is 9.59 Å². The molecule has 0 fully saturated rings. The van der Waals surface area contributed by atoms with Crippen molar-refractivity contribution < 1.29 is 28.5 Å². The fourth-order valence-electron chi connectivity index (χ4n) is 1.71. The maximum atomic E-state index is 12.1. The van der Waals surface area contributed by atoms with Gasteiger partial charge in [0.2, 0.25) is 0 Å². The number of carbonyl (C=O) groups excluding carboxylic acids is 2. The summed E-state index contributed by atoms with van der Waals surface area (Å²) in [5.74, 6) is -0.822. The summed E-state index contributed by atoms with van der Waals surface area (Å²) in [5.41, 5.74) is 0.714. The summed E-state index contributed by atoms with van der Waals surface area (Å²) in [6.45, 7) is 1.94. The highest BCUT2D eigenvalue weighted by Gasteiger charge is 2.23. The molecule has 0 aliphatic carbocycles. The Labute approximate surface area is 117 Å². The van der Waals surface area contributed by atoms with Crippen molar-refractivity contribution in [1.82, 2.24) is 0 Å². The maximum absolute atomic E-state index is 12.1. The molecule has 0 aliphatic heterocycles. The third-order valence-corrected chi connectivity index (χ3v) is 2.61. The molecule has 0 heterocycles. The average Bonchev–Trinajstić information content (AvgIpc) is 2.46. The van der Waals surface area contributed by atoms with E-state index in [4.69, 9.17) is 18.9 Å². The van der Waals surface area contributed by atoms with Gasteiger partial charge in [-0.1, -0.05) is 0 Å². The maximum Gasteiger partial charge on any atom is 0.379 e. The number of Topliss-reactive ketones (excluding diaryl/α,β-unsaturated/α-hetero) is 1. The van der Waals surface area contributed by atoms with Crippen molar-refractivity contribution in [2.75, 3.05) is 27.9 Å². The van der Waals surface area contributed by atoms with Crippen molar-refractivity contribution >= 4 is 11.8 Å². The second-order valence-electron chi connectivity index (χ2n) is 3.85. The van der Waals surface area contributed by atoms with Gasteiger partial charge in [0.15, 0.2) is 11.5 Å². The molecule has 0 unspecified atom stereocenters. The van der Waals surface area contributed by atoms with Crippen molar-refractivity contribution in [2.24, 2.45) is 0 Å². The molecular formula is C14H18O6. The Morgan fingerprint density at radius 2 is 1.65 bits per heavy atom. The SMILES string of the molecule is CCOC(=O)C(=O)c1cc(OC)c(OC)cc1COC. The van der Waals surface area contributed by atoms with Crippen LogP contribution in [-0.2, 0) is 20.9 Å². The Bertz CT molecular complexity index is 495. The fourth-order valence-corrected chi connectivity index (χ4v) is 1.71. The second-order valence-corrected chi connectivity index (χ2v) is 3.85. The molecule has 0 saturated heterocycles. The van der Waals surface area contributed by atoms with Gasteiger partial charge in [-0.2, -0.15) is 0 Å². The lowest BCUT2D eigenvalue weighted by atomic mass is 10.0. The fraction of sp³-hybridized carbons (Fsp3) is 0.429. The number of hydrogen-bond donors (Lipinski definition) is 0. The van der Waals surface area contributed by atoms with Gasteiger partial charge in [-0.15, -0.1) is 0 Å². The van der Waals surface area contributed by atoms with Crippen LogP contribution >= 0.6 is 0 Å². The zero-order valence-electron chi connectivity index (χ0n) is 12.0. The molecule has 0 bridgehead atoms. The van der Waals surface area contributed by atoms with Gasteiger partial charge in [-0.05, 0) is 24.6 Å². The molecule has 0 N–H and O–H groups in total. The van der Waals surface area contributed by atoms with Crippen molar-refractivity contribution in [3.8, 4) is 11.5 Å². The Hall–Kier alpha value is -2.08. The molecule has 20 heavy (non-hydrogen) atoms. The van der Waals surface area contributed by atoms with Gasteiger partial charge >= 0.3 is 5.97 Å². The van der Waals surface area contributed by atoms with E-state index in [1.807, 2.05) is 0 Å². The van der Waals surface area contributed by atoms with Crippen LogP contribution in [0.1, 0.15) is 22.8 Å². The van der Waals surface area contributed by atoms with Gasteiger partial charge in [0, 0.05) is 12.7 Å². The number of benzene rings is 1. The predicted molar refractivity (Wildman–Crippen MR) is 71.2 cm³/mol. The van der Waals surface area contributed by atoms with Gasteiger partial charge in [-0.25, -0.2) is 4.79 Å². The zero-order valence-corrected chi connectivity index (χ0v) is 12.0. The van der Waals surface area contributed by atoms with Gasteiger partial charge in [0.05, 0.1) is 27.4 Å². The van der Waals surface area contributed by atoms with Crippen LogP contribution in [0.3, 0.4) is 0 Å². The van der Waals surface area contributed by atoms with Crippen LogP contribution in [0.25, 0.3) is 0 Å². The van der Waals surface area contributed by atoms with Crippen molar-refractivity contribution in [3.05, 3.63) is 23.3 Å². The smallest absolute Gasteiger partial charge is 0.379 e. The molecule has 1 aromatic rings. The van der Waals surface area contributed by atoms with Crippen LogP contribution in [-0.4, -0.2) is 39.7 Å². The van der Waals surface area contributed by atoms with E-state index in [0.29, 0.717) is 17.1 Å². The monoisotopic (exact) mass is 282 g/mol. The highest BCUT2D eigenvalue weighted by molar-refractivity contribution is 6.41. The van der Waals surface area contributed by atoms with E-state index in [2.05, 4.69) is 0 Å². The predicted octanol–water partition coefficient (Wildman–Crippen LogP) is 1.60. The Morgan fingerprint density at radius 3 is 2.15 bits per heavy atom. The second kappa shape index (κ2) is 7.49. The normalized spacial score (nSPS) is 10.0. The molecule has 0 aromatic heterocycles. The number of esters is 1. The molecule has 0 atom stereocenters. The van der Waals surface area contributed by atoms with Gasteiger partial charge < -0.3 is 18.9 Å². The summed E-state index contributed by atoms with van der Waals surface area (Å²) in [6, 6.07) is 3.06. The molecule has 6 nitrogen and oxygen atoms in total. The summed E-state index contributed by atoms with van der Waals surface area (Å²) in [6.07, 6.45) is 0. The lowest BCUT2D eigenvalue weighted by Gasteiger charge is -2.13. The quantitative estimate of drug-likeness (QED) is 0.430. The standard InChI is InChI=1S/C14H18O6/c1-5-20-14(16)13(15)10-7-12(19-4)11(18-3)6-9(10)8-17-2/h6-7H,5,8H2,1-4H3. The summed E-state index contributed by atoms with van der Waals surface area (Å²) >= 11 is 0. The molecule has 0 saturated carbocycles. The first kappa shape index (κ1) is 16.0. The highest BCUT2D eigenvalue weighted by atomic mass is 16.5. The van der Waals surface area contributed by atoms with Crippen LogP contribution in [0, 0.1) is 0 Å². The Balaban J connectivity index is 3.27. The molecule has 0 spiro atoms. The number of rotatable bonds is 7. The minimum Gasteiger partial charge on any atom is -0.493 e. The topological polar surface area (TPSA) is 71.1 Å². The van der Waals surface area contributed by atoms with E-state index < -0.39 is 11.8 Å². The summed E-state index contributed by atoms with van der Waals surface area (Å²) in [7, 11) is 4.43. The van der Waals surface area contributed by atoms with Crippen LogP contribution in [0.5, 0.6) is 11.5 Å². The number of carbonyl (C=O) groups is 2. The highest BCUT2D eigenvalue weighted by Crippen LogP contribution is 2.31. The number of ether oxygens (including phenoxy) is 4. The first-order chi connectivity index (χ1) is 9.58. The van der Waals surface area contributed by atoms with E-state index in [-0.39, 0.29) is 18.8 Å². The minimum absolute atomic E-state index is 0.136. The van der Waals surface area contributed by atoms with E-state index in [1.54, 1.807) is 13.0 Å². The minimum atomic E-state index is -0.905. The van der Waals surface area contributed by atoms with Crippen LogP contribution in [0.4, 0.5) is 0 Å². The van der Waals surface area contributed by atoms with Crippen LogP contribution < -0.4 is 9.47 Å². The van der Waals surface area contributed by atoms with Gasteiger partial charge in [0.25, 0.3) is 5.78 Å². The van der Waals surface area contributed by atoms with Crippen molar-refractivity contribution in [3.63, 3.8) is 0 Å². The summed E-state index contributed by atoms with van der Waals surface area (Å²) < 4.78 is 20.0. The molecule has 0 radical (unpaired) electrons. The molecule has 1 rings (SSSR count). The zero-order chi connectivity index (χ0) is 15.1. The molecular weight excluding hydrogens is 264 g/mol. The molecule has 0 aliphatic rings. The number of ketones is 1. The molecule has 110 valence electrons. The van der Waals surface area contributed by atoms with Gasteiger partial charge in [0.1, 0.15) is 0 Å². The van der Waals surface area contributed by atoms with Crippen molar-refractivity contribution in [1.29, 1.82) is 0 Å². The van der Waals surface area contributed by atoms with E-state index in [1.165, 1.54) is 27.4 Å². The number of methoxy groups -OCH3 is 3. The lowest BCUT2D eigenvalue weighted by Crippen LogP contribution is -2.19. The largest absolute Gasteiger partial charge is 0.493 e. The first-order valence-electron chi connectivity index (χ1n) is 6.04. The van der Waals surface area contributed by atoms with E-state index >= 15 is 0 Å². The molecule has 6 heteroatoms. The third kappa shape index (κ3) is 3.48. The molecule has 0 amide bonds. The Morgan fingerprint density at radius 1 is 1.05 bits per heavy atom. The van der Waals surface area contributed by atoms with Gasteiger partial charge in [-0.3, -0.25) is 4.79 Å². The average molecular weight is 282 g/mol. The lowest BCUT2D eigenvalue weighted by molar-refractivity contribution is -0.137. The van der Waals surface area contributed by atoms with Crippen molar-refractivity contribution in [2.45, 2.75) is 13.5 Å². The first-order valence-corrected chi connectivity index (χ1v) is 6.04. The Kier molecular flexibility index (Phi) is 5.99. The third-order valence-electron chi connectivity index (χ3n) is 2.61. The summed E-state index contributed by atoms with van der Waals surface area (Å²) in [5, 5.41) is 0. The van der Waals surface area contributed by atoms with Crippen LogP contribution in [0.15, 0.2) is 12.1 Å². The number of hydrogen-bond acceptors (Lipinski definition) is 6.